The van der Waals surface area contributed by atoms with E-state index in [1.54, 1.807) is 0 Å². The van der Waals surface area contributed by atoms with Crippen LogP contribution in [0, 0.1) is 5.41 Å². The summed E-state index contributed by atoms with van der Waals surface area (Å²) in [6.07, 6.45) is 0. The van der Waals surface area contributed by atoms with Crippen molar-refractivity contribution >= 4 is 21.9 Å². The van der Waals surface area contributed by atoms with Crippen molar-refractivity contribution in [3.05, 3.63) is 48.0 Å². The van der Waals surface area contributed by atoms with Crippen LogP contribution in [-0.4, -0.2) is 6.54 Å². The summed E-state index contributed by atoms with van der Waals surface area (Å²) in [5.74, 6) is 0. The van der Waals surface area contributed by atoms with E-state index in [1.807, 2.05) is 12.1 Å². The highest BCUT2D eigenvalue weighted by Gasteiger charge is 2.25. The second kappa shape index (κ2) is 5.19. The Kier molecular flexibility index (Phi) is 3.50. The molecule has 0 aliphatic carbocycles. The first-order valence-corrected chi connectivity index (χ1v) is 7.65. The second-order valence-electron chi connectivity index (χ2n) is 6.71. The predicted octanol–water partition coefficient (Wildman–Crippen LogP) is 5.28. The van der Waals surface area contributed by atoms with Gasteiger partial charge in [-0.15, -0.1) is 0 Å². The monoisotopic (exact) mass is 281 g/mol. The fraction of sp³-hybridized carbons (Fsp3) is 0.368. The van der Waals surface area contributed by atoms with Gasteiger partial charge in [-0.3, -0.25) is 0 Å². The molecule has 1 unspecified atom stereocenters. The zero-order valence-electron chi connectivity index (χ0n) is 13.2. The second-order valence-corrected chi connectivity index (χ2v) is 6.71. The number of benzene rings is 2. The Morgan fingerprint density at radius 2 is 1.71 bits per heavy atom. The highest BCUT2D eigenvalue weighted by Crippen LogP contribution is 2.36. The number of fused-ring (bicyclic) bond motifs is 3. The van der Waals surface area contributed by atoms with Gasteiger partial charge in [0, 0.05) is 16.8 Å². The van der Waals surface area contributed by atoms with Crippen LogP contribution < -0.4 is 5.32 Å². The number of hydrogen-bond donors (Lipinski definition) is 1. The molecule has 1 atom stereocenters. The Morgan fingerprint density at radius 3 is 2.43 bits per heavy atom. The lowest BCUT2D eigenvalue weighted by Crippen LogP contribution is -2.32. The summed E-state index contributed by atoms with van der Waals surface area (Å²) in [6, 6.07) is 15.1. The third kappa shape index (κ3) is 2.56. The molecular weight excluding hydrogens is 258 g/mol. The minimum Gasteiger partial charge on any atom is -0.456 e. The van der Waals surface area contributed by atoms with Crippen molar-refractivity contribution in [3.63, 3.8) is 0 Å². The van der Waals surface area contributed by atoms with E-state index in [1.165, 1.54) is 16.3 Å². The molecule has 2 aromatic carbocycles. The maximum absolute atomic E-state index is 5.91. The topological polar surface area (TPSA) is 25.2 Å². The van der Waals surface area contributed by atoms with Gasteiger partial charge >= 0.3 is 0 Å². The van der Waals surface area contributed by atoms with Crippen LogP contribution in [0.15, 0.2) is 46.9 Å². The fourth-order valence-corrected chi connectivity index (χ4v) is 3.05. The van der Waals surface area contributed by atoms with Crippen molar-refractivity contribution in [1.82, 2.24) is 5.32 Å². The molecule has 2 nitrogen and oxygen atoms in total. The van der Waals surface area contributed by atoms with E-state index >= 15 is 0 Å². The third-order valence-corrected chi connectivity index (χ3v) is 4.01. The molecule has 0 saturated heterocycles. The average Bonchev–Trinajstić information content (AvgIpc) is 2.81. The van der Waals surface area contributed by atoms with E-state index in [0.717, 1.165) is 17.7 Å². The molecule has 1 N–H and O–H groups in total. The Labute approximate surface area is 126 Å². The van der Waals surface area contributed by atoms with E-state index in [9.17, 15) is 0 Å². The molecule has 0 aliphatic rings. The lowest BCUT2D eigenvalue weighted by atomic mass is 9.82. The largest absolute Gasteiger partial charge is 0.456 e. The molecule has 1 heterocycles. The maximum atomic E-state index is 5.91. The molecule has 3 rings (SSSR count). The van der Waals surface area contributed by atoms with Crippen molar-refractivity contribution in [1.29, 1.82) is 0 Å². The summed E-state index contributed by atoms with van der Waals surface area (Å²) in [6.45, 7) is 9.95. The number of para-hydroxylation sites is 1. The molecule has 0 bridgehead atoms. The van der Waals surface area contributed by atoms with Crippen LogP contribution in [0.2, 0.25) is 0 Å². The number of rotatable bonds is 3. The van der Waals surface area contributed by atoms with Crippen molar-refractivity contribution in [2.45, 2.75) is 33.7 Å². The first-order valence-electron chi connectivity index (χ1n) is 7.65. The fourth-order valence-electron chi connectivity index (χ4n) is 3.05. The van der Waals surface area contributed by atoms with Gasteiger partial charge in [-0.2, -0.15) is 0 Å². The zero-order chi connectivity index (χ0) is 15.0. The van der Waals surface area contributed by atoms with Crippen LogP contribution in [0.1, 0.15) is 39.3 Å². The summed E-state index contributed by atoms with van der Waals surface area (Å²) in [5, 5.41) is 6.01. The summed E-state index contributed by atoms with van der Waals surface area (Å²) in [7, 11) is 0. The molecule has 0 fully saturated rings. The predicted molar refractivity (Wildman–Crippen MR) is 89.6 cm³/mol. The van der Waals surface area contributed by atoms with Gasteiger partial charge in [0.25, 0.3) is 0 Å². The number of furan rings is 1. The van der Waals surface area contributed by atoms with E-state index in [0.29, 0.717) is 6.04 Å². The first-order chi connectivity index (χ1) is 10.0. The Bertz CT molecular complexity index is 764. The molecule has 0 amide bonds. The standard InChI is InChI=1S/C19H23NO/c1-5-20-18(19(2,3)4)13-10-11-17-15(12-13)14-8-6-7-9-16(14)21-17/h6-12,18,20H,5H2,1-4H3. The van der Waals surface area contributed by atoms with Crippen molar-refractivity contribution in [3.8, 4) is 0 Å². The van der Waals surface area contributed by atoms with Crippen molar-refractivity contribution in [2.75, 3.05) is 6.54 Å². The SMILES string of the molecule is CCNC(c1ccc2oc3ccccc3c2c1)C(C)(C)C. The molecule has 0 saturated carbocycles. The normalized spacial score (nSPS) is 13.9. The third-order valence-electron chi connectivity index (χ3n) is 4.01. The smallest absolute Gasteiger partial charge is 0.135 e. The number of hydrogen-bond acceptors (Lipinski definition) is 2. The van der Waals surface area contributed by atoms with Crippen LogP contribution >= 0.6 is 0 Å². The zero-order valence-corrected chi connectivity index (χ0v) is 13.2. The van der Waals surface area contributed by atoms with E-state index in [-0.39, 0.29) is 5.41 Å². The van der Waals surface area contributed by atoms with Crippen LogP contribution in [0.25, 0.3) is 21.9 Å². The summed E-state index contributed by atoms with van der Waals surface area (Å²) >= 11 is 0. The minimum absolute atomic E-state index is 0.170. The van der Waals surface area contributed by atoms with Crippen LogP contribution in [0.5, 0.6) is 0 Å². The summed E-state index contributed by atoms with van der Waals surface area (Å²) < 4.78 is 5.91. The van der Waals surface area contributed by atoms with Crippen LogP contribution in [-0.2, 0) is 0 Å². The average molecular weight is 281 g/mol. The molecule has 2 heteroatoms. The highest BCUT2D eigenvalue weighted by molar-refractivity contribution is 6.05. The summed E-state index contributed by atoms with van der Waals surface area (Å²) in [4.78, 5) is 0. The Morgan fingerprint density at radius 1 is 1.00 bits per heavy atom. The lowest BCUT2D eigenvalue weighted by Gasteiger charge is -2.32. The van der Waals surface area contributed by atoms with Gasteiger partial charge in [0.2, 0.25) is 0 Å². The minimum atomic E-state index is 0.170. The molecule has 0 radical (unpaired) electrons. The van der Waals surface area contributed by atoms with Crippen LogP contribution in [0.3, 0.4) is 0 Å². The van der Waals surface area contributed by atoms with Gasteiger partial charge in [-0.25, -0.2) is 0 Å². The lowest BCUT2D eigenvalue weighted by molar-refractivity contribution is 0.277. The van der Waals surface area contributed by atoms with Gasteiger partial charge < -0.3 is 9.73 Å². The maximum Gasteiger partial charge on any atom is 0.135 e. The Balaban J connectivity index is 2.17. The van der Waals surface area contributed by atoms with E-state index < -0.39 is 0 Å². The molecule has 21 heavy (non-hydrogen) atoms. The van der Waals surface area contributed by atoms with Crippen molar-refractivity contribution < 1.29 is 4.42 Å². The molecule has 0 aliphatic heterocycles. The molecule has 0 spiro atoms. The van der Waals surface area contributed by atoms with Crippen molar-refractivity contribution in [2.24, 2.45) is 5.41 Å². The van der Waals surface area contributed by atoms with Gasteiger partial charge in [0.15, 0.2) is 0 Å². The molecule has 3 aromatic rings. The molecule has 1 aromatic heterocycles. The van der Waals surface area contributed by atoms with Gasteiger partial charge in [0.1, 0.15) is 11.2 Å². The molecular formula is C19H23NO. The summed E-state index contributed by atoms with van der Waals surface area (Å²) in [5.41, 5.74) is 3.41. The van der Waals surface area contributed by atoms with Gasteiger partial charge in [0.05, 0.1) is 0 Å². The Hall–Kier alpha value is -1.80. The first kappa shape index (κ1) is 14.2. The molecule has 110 valence electrons. The van der Waals surface area contributed by atoms with Gasteiger partial charge in [-0.1, -0.05) is 52.0 Å². The van der Waals surface area contributed by atoms with Gasteiger partial charge in [-0.05, 0) is 35.7 Å². The van der Waals surface area contributed by atoms with E-state index in [2.05, 4.69) is 63.3 Å². The number of nitrogens with one attached hydrogen (secondary N) is 1. The van der Waals surface area contributed by atoms with E-state index in [4.69, 9.17) is 4.42 Å². The van der Waals surface area contributed by atoms with Crippen LogP contribution in [0.4, 0.5) is 0 Å². The quantitative estimate of drug-likeness (QED) is 0.706. The highest BCUT2D eigenvalue weighted by atomic mass is 16.3.